The van der Waals surface area contributed by atoms with Gasteiger partial charge in [0.15, 0.2) is 0 Å². The second kappa shape index (κ2) is 11.0. The lowest BCUT2D eigenvalue weighted by atomic mass is 9.99. The molecule has 0 spiro atoms. The zero-order chi connectivity index (χ0) is 21.4. The van der Waals surface area contributed by atoms with E-state index >= 15 is 0 Å². The summed E-state index contributed by atoms with van der Waals surface area (Å²) in [5.74, 6) is -0.529. The zero-order valence-electron chi connectivity index (χ0n) is 18.2. The highest BCUT2D eigenvalue weighted by Gasteiger charge is 2.21. The van der Waals surface area contributed by atoms with E-state index in [4.69, 9.17) is 5.11 Å². The Balaban J connectivity index is 3.16. The average Bonchev–Trinajstić information content (AvgIpc) is 2.58. The van der Waals surface area contributed by atoms with Gasteiger partial charge in [0, 0.05) is 24.7 Å². The molecule has 0 saturated carbocycles. The van der Waals surface area contributed by atoms with Gasteiger partial charge in [-0.2, -0.15) is 0 Å². The molecule has 0 radical (unpaired) electrons. The number of amides is 1. The van der Waals surface area contributed by atoms with Crippen LogP contribution < -0.4 is 10.9 Å². The van der Waals surface area contributed by atoms with E-state index in [1.807, 2.05) is 27.7 Å². The predicted molar refractivity (Wildman–Crippen MR) is 112 cm³/mol. The number of pyridine rings is 1. The Kier molecular flexibility index (Phi) is 9.42. The molecule has 0 fully saturated rings. The van der Waals surface area contributed by atoms with Gasteiger partial charge in [-0.25, -0.2) is 0 Å². The van der Waals surface area contributed by atoms with Gasteiger partial charge in [-0.3, -0.25) is 14.4 Å². The summed E-state index contributed by atoms with van der Waals surface area (Å²) in [6.07, 6.45) is 2.62. The van der Waals surface area contributed by atoms with Gasteiger partial charge >= 0.3 is 5.97 Å². The molecule has 1 atom stereocenters. The number of nitrogens with zero attached hydrogens (tertiary/aromatic N) is 1. The summed E-state index contributed by atoms with van der Waals surface area (Å²) in [4.78, 5) is 36.8. The fourth-order valence-corrected chi connectivity index (χ4v) is 3.48. The molecular weight excluding hydrogens is 356 g/mol. The minimum Gasteiger partial charge on any atom is -0.481 e. The van der Waals surface area contributed by atoms with Crippen LogP contribution in [0.5, 0.6) is 0 Å². The molecule has 0 aliphatic heterocycles. The van der Waals surface area contributed by atoms with E-state index in [2.05, 4.69) is 19.2 Å². The summed E-state index contributed by atoms with van der Waals surface area (Å²) in [6.45, 7) is 12.8. The van der Waals surface area contributed by atoms with Gasteiger partial charge in [-0.05, 0) is 56.1 Å². The molecule has 1 aromatic rings. The van der Waals surface area contributed by atoms with E-state index < -0.39 is 11.9 Å². The predicted octanol–water partition coefficient (Wildman–Crippen LogP) is 3.77. The van der Waals surface area contributed by atoms with Crippen molar-refractivity contribution in [2.24, 2.45) is 11.8 Å². The Morgan fingerprint density at radius 3 is 2.29 bits per heavy atom. The third kappa shape index (κ3) is 7.13. The molecule has 28 heavy (non-hydrogen) atoms. The third-order valence-corrected chi connectivity index (χ3v) is 4.92. The highest BCUT2D eigenvalue weighted by Crippen LogP contribution is 2.14. The van der Waals surface area contributed by atoms with Crippen LogP contribution in [0.2, 0.25) is 0 Å². The number of hydrogen-bond acceptors (Lipinski definition) is 3. The SMILES string of the molecule is CCc1c(C)cc(C(=O)NC(CCC(=O)O)CC(C)C)c(=O)n1CCC(C)C. The van der Waals surface area contributed by atoms with Gasteiger partial charge in [0.05, 0.1) is 0 Å². The minimum atomic E-state index is -0.887. The van der Waals surface area contributed by atoms with Gasteiger partial charge in [0.1, 0.15) is 5.56 Å². The van der Waals surface area contributed by atoms with Crippen molar-refractivity contribution >= 4 is 11.9 Å². The van der Waals surface area contributed by atoms with Crippen LogP contribution in [0.3, 0.4) is 0 Å². The van der Waals surface area contributed by atoms with Gasteiger partial charge in [-0.1, -0.05) is 34.6 Å². The topological polar surface area (TPSA) is 88.4 Å². The van der Waals surface area contributed by atoms with E-state index in [9.17, 15) is 14.4 Å². The molecule has 0 aliphatic carbocycles. The molecule has 6 heteroatoms. The smallest absolute Gasteiger partial charge is 0.303 e. The normalized spacial score (nSPS) is 12.4. The Morgan fingerprint density at radius 1 is 1.14 bits per heavy atom. The van der Waals surface area contributed by atoms with Crippen molar-refractivity contribution in [1.82, 2.24) is 9.88 Å². The highest BCUT2D eigenvalue weighted by atomic mass is 16.4. The molecule has 0 aromatic carbocycles. The van der Waals surface area contributed by atoms with E-state index in [-0.39, 0.29) is 23.6 Å². The van der Waals surface area contributed by atoms with Crippen LogP contribution in [0.25, 0.3) is 0 Å². The lowest BCUT2D eigenvalue weighted by molar-refractivity contribution is -0.137. The number of carboxylic acid groups (broad SMARTS) is 1. The number of carbonyl (C=O) groups excluding carboxylic acids is 1. The second-order valence-electron chi connectivity index (χ2n) is 8.41. The van der Waals surface area contributed by atoms with Crippen LogP contribution >= 0.6 is 0 Å². The first kappa shape index (κ1) is 23.9. The maximum atomic E-state index is 13.0. The number of hydrogen-bond donors (Lipinski definition) is 2. The molecule has 0 saturated heterocycles. The van der Waals surface area contributed by atoms with Crippen LogP contribution in [0, 0.1) is 18.8 Å². The summed E-state index contributed by atoms with van der Waals surface area (Å²) in [5.41, 5.74) is 1.78. The van der Waals surface area contributed by atoms with Crippen LogP contribution in [-0.2, 0) is 17.8 Å². The number of carboxylic acids is 1. The largest absolute Gasteiger partial charge is 0.481 e. The molecule has 1 heterocycles. The molecular formula is C22H36N2O4. The molecule has 2 N–H and O–H groups in total. The van der Waals surface area contributed by atoms with Crippen molar-refractivity contribution in [1.29, 1.82) is 0 Å². The Morgan fingerprint density at radius 2 is 1.79 bits per heavy atom. The summed E-state index contributed by atoms with van der Waals surface area (Å²) in [5, 5.41) is 11.9. The minimum absolute atomic E-state index is 0.00983. The number of rotatable bonds is 11. The molecule has 1 aromatic heterocycles. The Labute approximate surface area is 168 Å². The quantitative estimate of drug-likeness (QED) is 0.600. The standard InChI is InChI=1S/C22H36N2O4/c1-7-19-16(6)13-18(22(28)24(19)11-10-14(2)3)21(27)23-17(12-15(4)5)8-9-20(25)26/h13-15,17H,7-12H2,1-6H3,(H,23,27)(H,25,26). The van der Waals surface area contributed by atoms with Gasteiger partial charge < -0.3 is 15.0 Å². The monoisotopic (exact) mass is 392 g/mol. The number of carbonyl (C=O) groups is 2. The van der Waals surface area contributed by atoms with Crippen LogP contribution in [-0.4, -0.2) is 27.6 Å². The molecule has 1 amide bonds. The van der Waals surface area contributed by atoms with Crippen LogP contribution in [0.1, 0.15) is 81.9 Å². The first-order chi connectivity index (χ1) is 13.1. The molecule has 158 valence electrons. The van der Waals surface area contributed by atoms with Crippen LogP contribution in [0.4, 0.5) is 0 Å². The molecule has 0 bridgehead atoms. The van der Waals surface area contributed by atoms with Crippen molar-refractivity contribution in [3.05, 3.63) is 33.2 Å². The number of aliphatic carboxylic acids is 1. The van der Waals surface area contributed by atoms with Gasteiger partial charge in [0.2, 0.25) is 0 Å². The van der Waals surface area contributed by atoms with Gasteiger partial charge in [0.25, 0.3) is 11.5 Å². The van der Waals surface area contributed by atoms with Gasteiger partial charge in [-0.15, -0.1) is 0 Å². The van der Waals surface area contributed by atoms with E-state index in [0.717, 1.165) is 24.1 Å². The Hall–Kier alpha value is -2.11. The summed E-state index contributed by atoms with van der Waals surface area (Å²) < 4.78 is 1.74. The Bertz CT molecular complexity index is 735. The first-order valence-electron chi connectivity index (χ1n) is 10.3. The lowest BCUT2D eigenvalue weighted by Crippen LogP contribution is -2.40. The summed E-state index contributed by atoms with van der Waals surface area (Å²) in [7, 11) is 0. The summed E-state index contributed by atoms with van der Waals surface area (Å²) in [6, 6.07) is 1.41. The molecule has 1 rings (SSSR count). The number of aryl methyl sites for hydroxylation is 1. The third-order valence-electron chi connectivity index (χ3n) is 4.92. The second-order valence-corrected chi connectivity index (χ2v) is 8.41. The molecule has 0 aliphatic rings. The van der Waals surface area contributed by atoms with Crippen molar-refractivity contribution in [2.75, 3.05) is 0 Å². The molecule has 6 nitrogen and oxygen atoms in total. The maximum Gasteiger partial charge on any atom is 0.303 e. The average molecular weight is 393 g/mol. The van der Waals surface area contributed by atoms with E-state index in [1.54, 1.807) is 10.6 Å². The zero-order valence-corrected chi connectivity index (χ0v) is 18.2. The molecule has 1 unspecified atom stereocenters. The van der Waals surface area contributed by atoms with E-state index in [1.165, 1.54) is 0 Å². The number of nitrogens with one attached hydrogen (secondary N) is 1. The maximum absolute atomic E-state index is 13.0. The number of aromatic nitrogens is 1. The fourth-order valence-electron chi connectivity index (χ4n) is 3.48. The van der Waals surface area contributed by atoms with Crippen molar-refractivity contribution < 1.29 is 14.7 Å². The lowest BCUT2D eigenvalue weighted by Gasteiger charge is -2.21. The summed E-state index contributed by atoms with van der Waals surface area (Å²) >= 11 is 0. The van der Waals surface area contributed by atoms with E-state index in [0.29, 0.717) is 31.2 Å². The van der Waals surface area contributed by atoms with Crippen molar-refractivity contribution in [2.45, 2.75) is 86.2 Å². The fraction of sp³-hybridized carbons (Fsp3) is 0.682. The van der Waals surface area contributed by atoms with Crippen molar-refractivity contribution in [3.8, 4) is 0 Å². The van der Waals surface area contributed by atoms with Crippen LogP contribution in [0.15, 0.2) is 10.9 Å². The van der Waals surface area contributed by atoms with Crippen molar-refractivity contribution in [3.63, 3.8) is 0 Å². The highest BCUT2D eigenvalue weighted by molar-refractivity contribution is 5.94. The first-order valence-corrected chi connectivity index (χ1v) is 10.3.